The van der Waals surface area contributed by atoms with Crippen molar-refractivity contribution in [1.29, 1.82) is 0 Å². The Morgan fingerprint density at radius 2 is 1.86 bits per heavy atom. The van der Waals surface area contributed by atoms with Crippen molar-refractivity contribution in [3.05, 3.63) is 0 Å². The molecule has 1 aliphatic carbocycles. The molecule has 0 aromatic carbocycles. The van der Waals surface area contributed by atoms with Crippen molar-refractivity contribution in [2.75, 3.05) is 6.61 Å². The van der Waals surface area contributed by atoms with E-state index in [0.29, 0.717) is 12.5 Å². The Labute approximate surface area is 84.8 Å². The molecule has 1 rings (SSSR count). The summed E-state index contributed by atoms with van der Waals surface area (Å²) in [5.74, 6) is 0.0291. The van der Waals surface area contributed by atoms with Gasteiger partial charge in [0.15, 0.2) is 0 Å². The van der Waals surface area contributed by atoms with Gasteiger partial charge in [-0.1, -0.05) is 19.3 Å². The number of Topliss-reactive ketones (excluding diaryl/α,β-unsaturated/α-hetero) is 1. The summed E-state index contributed by atoms with van der Waals surface area (Å²) >= 11 is 0. The molecule has 0 spiro atoms. The highest BCUT2D eigenvalue weighted by Crippen LogP contribution is 2.23. The second-order valence-electron chi connectivity index (χ2n) is 4.07. The number of ether oxygens (including phenoxy) is 1. The number of rotatable bonds is 4. The van der Waals surface area contributed by atoms with Gasteiger partial charge in [-0.3, -0.25) is 9.59 Å². The van der Waals surface area contributed by atoms with Gasteiger partial charge in [0.2, 0.25) is 0 Å². The molecule has 0 heterocycles. The number of hydrogen-bond donors (Lipinski definition) is 0. The van der Waals surface area contributed by atoms with E-state index in [2.05, 4.69) is 0 Å². The van der Waals surface area contributed by atoms with Crippen LogP contribution in [0.2, 0.25) is 0 Å². The van der Waals surface area contributed by atoms with E-state index in [-0.39, 0.29) is 18.2 Å². The number of carbonyl (C=O) groups excluding carboxylic acids is 2. The SMILES string of the molecule is CC(=O)CC(=O)OCC1CCCCC1. The van der Waals surface area contributed by atoms with Gasteiger partial charge in [0.1, 0.15) is 12.2 Å². The van der Waals surface area contributed by atoms with Gasteiger partial charge < -0.3 is 4.74 Å². The Morgan fingerprint density at radius 3 is 2.43 bits per heavy atom. The Bertz CT molecular complexity index is 205. The zero-order valence-electron chi connectivity index (χ0n) is 8.75. The molecule has 0 aliphatic heterocycles. The maximum Gasteiger partial charge on any atom is 0.313 e. The van der Waals surface area contributed by atoms with Crippen LogP contribution in [0.4, 0.5) is 0 Å². The van der Waals surface area contributed by atoms with E-state index in [1.54, 1.807) is 0 Å². The van der Waals surface area contributed by atoms with Crippen LogP contribution in [0.25, 0.3) is 0 Å². The first-order chi connectivity index (χ1) is 6.68. The molecule has 0 atom stereocenters. The summed E-state index contributed by atoms with van der Waals surface area (Å²) in [6.07, 6.45) is 6.04. The van der Waals surface area contributed by atoms with Crippen LogP contribution < -0.4 is 0 Å². The van der Waals surface area contributed by atoms with Crippen LogP contribution in [0, 0.1) is 5.92 Å². The Morgan fingerprint density at radius 1 is 1.21 bits per heavy atom. The number of ketones is 1. The lowest BCUT2D eigenvalue weighted by Crippen LogP contribution is -2.17. The van der Waals surface area contributed by atoms with Crippen LogP contribution in [-0.2, 0) is 14.3 Å². The molecule has 0 unspecified atom stereocenters. The van der Waals surface area contributed by atoms with E-state index in [4.69, 9.17) is 4.74 Å². The first-order valence-corrected chi connectivity index (χ1v) is 5.33. The third-order valence-electron chi connectivity index (χ3n) is 2.60. The smallest absolute Gasteiger partial charge is 0.313 e. The van der Waals surface area contributed by atoms with Gasteiger partial charge in [-0.2, -0.15) is 0 Å². The van der Waals surface area contributed by atoms with E-state index >= 15 is 0 Å². The van der Waals surface area contributed by atoms with Crippen molar-refractivity contribution in [3.63, 3.8) is 0 Å². The standard InChI is InChI=1S/C11H18O3/c1-9(12)7-11(13)14-8-10-5-3-2-4-6-10/h10H,2-8H2,1H3. The van der Waals surface area contributed by atoms with Crippen LogP contribution >= 0.6 is 0 Å². The largest absolute Gasteiger partial charge is 0.465 e. The summed E-state index contributed by atoms with van der Waals surface area (Å²) in [5.41, 5.74) is 0. The van der Waals surface area contributed by atoms with Gasteiger partial charge in [0, 0.05) is 0 Å². The topological polar surface area (TPSA) is 43.4 Å². The molecular weight excluding hydrogens is 180 g/mol. The highest BCUT2D eigenvalue weighted by molar-refractivity contribution is 5.94. The molecule has 1 fully saturated rings. The first-order valence-electron chi connectivity index (χ1n) is 5.33. The fraction of sp³-hybridized carbons (Fsp3) is 0.818. The summed E-state index contributed by atoms with van der Waals surface area (Å²) in [6, 6.07) is 0. The van der Waals surface area contributed by atoms with Gasteiger partial charge in [0.05, 0.1) is 6.61 Å². The van der Waals surface area contributed by atoms with E-state index in [9.17, 15) is 9.59 Å². The van der Waals surface area contributed by atoms with Crippen molar-refractivity contribution in [2.45, 2.75) is 45.4 Å². The molecular formula is C11H18O3. The molecule has 0 aromatic rings. The fourth-order valence-electron chi connectivity index (χ4n) is 1.82. The Kier molecular flexibility index (Phi) is 4.63. The van der Waals surface area contributed by atoms with Crippen molar-refractivity contribution < 1.29 is 14.3 Å². The molecule has 14 heavy (non-hydrogen) atoms. The quantitative estimate of drug-likeness (QED) is 0.513. The van der Waals surface area contributed by atoms with Gasteiger partial charge >= 0.3 is 5.97 Å². The summed E-state index contributed by atoms with van der Waals surface area (Å²) in [7, 11) is 0. The molecule has 0 saturated heterocycles. The van der Waals surface area contributed by atoms with Crippen LogP contribution in [0.5, 0.6) is 0 Å². The average Bonchev–Trinajstić information content (AvgIpc) is 2.15. The first kappa shape index (κ1) is 11.2. The molecule has 0 amide bonds. The summed E-state index contributed by atoms with van der Waals surface area (Å²) < 4.78 is 5.03. The molecule has 0 radical (unpaired) electrons. The maximum absolute atomic E-state index is 11.1. The van der Waals surface area contributed by atoms with Crippen LogP contribution in [0.15, 0.2) is 0 Å². The molecule has 0 bridgehead atoms. The zero-order chi connectivity index (χ0) is 10.4. The minimum Gasteiger partial charge on any atom is -0.465 e. The van der Waals surface area contributed by atoms with Crippen LogP contribution in [0.3, 0.4) is 0 Å². The molecule has 0 N–H and O–H groups in total. The van der Waals surface area contributed by atoms with Gasteiger partial charge in [-0.15, -0.1) is 0 Å². The minimum atomic E-state index is -0.372. The van der Waals surface area contributed by atoms with Gasteiger partial charge in [0.25, 0.3) is 0 Å². The predicted molar refractivity (Wildman–Crippen MR) is 52.8 cm³/mol. The minimum absolute atomic E-state index is 0.0767. The summed E-state index contributed by atoms with van der Waals surface area (Å²) in [4.78, 5) is 21.7. The maximum atomic E-state index is 11.1. The van der Waals surface area contributed by atoms with Gasteiger partial charge in [-0.25, -0.2) is 0 Å². The van der Waals surface area contributed by atoms with Crippen molar-refractivity contribution in [2.24, 2.45) is 5.92 Å². The second kappa shape index (κ2) is 5.78. The zero-order valence-corrected chi connectivity index (χ0v) is 8.75. The van der Waals surface area contributed by atoms with Crippen molar-refractivity contribution in [3.8, 4) is 0 Å². The molecule has 0 aromatic heterocycles. The van der Waals surface area contributed by atoms with Gasteiger partial charge in [-0.05, 0) is 25.7 Å². The molecule has 3 nitrogen and oxygen atoms in total. The van der Waals surface area contributed by atoms with E-state index in [1.165, 1.54) is 26.2 Å². The van der Waals surface area contributed by atoms with E-state index in [0.717, 1.165) is 12.8 Å². The number of hydrogen-bond acceptors (Lipinski definition) is 3. The molecule has 80 valence electrons. The Balaban J connectivity index is 2.12. The second-order valence-corrected chi connectivity index (χ2v) is 4.07. The molecule has 1 saturated carbocycles. The van der Waals surface area contributed by atoms with Crippen molar-refractivity contribution in [1.82, 2.24) is 0 Å². The summed E-state index contributed by atoms with van der Waals surface area (Å²) in [6.45, 7) is 1.91. The predicted octanol–water partition coefficient (Wildman–Crippen LogP) is 2.09. The van der Waals surface area contributed by atoms with Crippen LogP contribution in [0.1, 0.15) is 45.4 Å². The molecule has 1 aliphatic rings. The average molecular weight is 198 g/mol. The monoisotopic (exact) mass is 198 g/mol. The van der Waals surface area contributed by atoms with E-state index < -0.39 is 0 Å². The normalized spacial score (nSPS) is 17.8. The third-order valence-corrected chi connectivity index (χ3v) is 2.60. The number of esters is 1. The molecule has 3 heteroatoms. The van der Waals surface area contributed by atoms with E-state index in [1.807, 2.05) is 0 Å². The number of carbonyl (C=O) groups is 2. The summed E-state index contributed by atoms with van der Waals surface area (Å²) in [5, 5.41) is 0. The highest BCUT2D eigenvalue weighted by atomic mass is 16.5. The highest BCUT2D eigenvalue weighted by Gasteiger charge is 2.15. The fourth-order valence-corrected chi connectivity index (χ4v) is 1.82. The van der Waals surface area contributed by atoms with Crippen molar-refractivity contribution >= 4 is 11.8 Å². The lowest BCUT2D eigenvalue weighted by Gasteiger charge is -2.20. The lowest BCUT2D eigenvalue weighted by atomic mass is 9.90. The Hall–Kier alpha value is -0.860. The third kappa shape index (κ3) is 4.40. The lowest BCUT2D eigenvalue weighted by molar-refractivity contribution is -0.147. The van der Waals surface area contributed by atoms with Crippen LogP contribution in [-0.4, -0.2) is 18.4 Å².